The van der Waals surface area contributed by atoms with Gasteiger partial charge in [0, 0.05) is 76.5 Å². The van der Waals surface area contributed by atoms with Gasteiger partial charge in [0.05, 0.1) is 0 Å². The molecule has 0 bridgehead atoms. The van der Waals surface area contributed by atoms with E-state index in [9.17, 15) is 4.79 Å². The zero-order chi connectivity index (χ0) is 25.0. The van der Waals surface area contributed by atoms with Gasteiger partial charge < -0.3 is 14.2 Å². The summed E-state index contributed by atoms with van der Waals surface area (Å²) >= 11 is 0. The Hall–Kier alpha value is -3.61. The van der Waals surface area contributed by atoms with Crippen LogP contribution >= 0.6 is 0 Å². The summed E-state index contributed by atoms with van der Waals surface area (Å²) in [5, 5.41) is 0.996. The number of anilines is 1. The lowest BCUT2D eigenvalue weighted by molar-refractivity contribution is 0.0600. The molecule has 0 aliphatic carbocycles. The summed E-state index contributed by atoms with van der Waals surface area (Å²) < 4.78 is 6.00. The molecule has 1 amide bonds. The van der Waals surface area contributed by atoms with E-state index in [2.05, 4.69) is 81.4 Å². The van der Waals surface area contributed by atoms with E-state index in [1.165, 1.54) is 16.8 Å². The van der Waals surface area contributed by atoms with Crippen molar-refractivity contribution in [2.75, 3.05) is 57.3 Å². The summed E-state index contributed by atoms with van der Waals surface area (Å²) in [6, 6.07) is 29.4. The van der Waals surface area contributed by atoms with Crippen LogP contribution in [-0.2, 0) is 13.1 Å². The van der Waals surface area contributed by atoms with Gasteiger partial charge in [-0.2, -0.15) is 0 Å². The van der Waals surface area contributed by atoms with Gasteiger partial charge in [0.15, 0.2) is 5.76 Å². The molecule has 0 unspecified atom stereocenters. The van der Waals surface area contributed by atoms with E-state index in [-0.39, 0.29) is 5.91 Å². The van der Waals surface area contributed by atoms with Crippen molar-refractivity contribution in [2.24, 2.45) is 0 Å². The van der Waals surface area contributed by atoms with Crippen molar-refractivity contribution in [3.8, 4) is 0 Å². The van der Waals surface area contributed by atoms with Gasteiger partial charge in [-0.05, 0) is 35.4 Å². The lowest BCUT2D eigenvalue weighted by Crippen LogP contribution is -2.48. The SMILES string of the molecule is O=C(c1cc2cc(N3CCN(Cc4ccccc4)CC3)ccc2o1)N1CCN(Cc2ccccc2)CC1. The molecule has 37 heavy (non-hydrogen) atoms. The number of furan rings is 1. The number of nitrogens with zero attached hydrogens (tertiary/aromatic N) is 4. The first-order valence-corrected chi connectivity index (χ1v) is 13.3. The van der Waals surface area contributed by atoms with E-state index in [0.29, 0.717) is 5.76 Å². The predicted molar refractivity (Wildman–Crippen MR) is 148 cm³/mol. The van der Waals surface area contributed by atoms with Crippen LogP contribution in [0, 0.1) is 0 Å². The zero-order valence-corrected chi connectivity index (χ0v) is 21.3. The Balaban J connectivity index is 1.05. The maximum atomic E-state index is 13.2. The lowest BCUT2D eigenvalue weighted by Gasteiger charge is -2.36. The van der Waals surface area contributed by atoms with Crippen LogP contribution in [-0.4, -0.2) is 73.0 Å². The Bertz CT molecular complexity index is 1320. The van der Waals surface area contributed by atoms with Gasteiger partial charge in [0.1, 0.15) is 5.58 Å². The Kier molecular flexibility index (Phi) is 6.93. The van der Waals surface area contributed by atoms with Crippen LogP contribution in [0.4, 0.5) is 5.69 Å². The van der Waals surface area contributed by atoms with E-state index < -0.39 is 0 Å². The molecule has 0 spiro atoms. The van der Waals surface area contributed by atoms with Crippen molar-refractivity contribution in [3.05, 3.63) is 102 Å². The molecule has 0 saturated carbocycles. The maximum absolute atomic E-state index is 13.2. The number of carbonyl (C=O) groups is 1. The van der Waals surface area contributed by atoms with Crippen LogP contribution in [0.2, 0.25) is 0 Å². The highest BCUT2D eigenvalue weighted by atomic mass is 16.3. The number of benzene rings is 3. The van der Waals surface area contributed by atoms with Crippen molar-refractivity contribution in [1.82, 2.24) is 14.7 Å². The van der Waals surface area contributed by atoms with Gasteiger partial charge in [0.2, 0.25) is 0 Å². The maximum Gasteiger partial charge on any atom is 0.289 e. The molecule has 2 fully saturated rings. The van der Waals surface area contributed by atoms with Crippen molar-refractivity contribution in [1.29, 1.82) is 0 Å². The van der Waals surface area contributed by atoms with Gasteiger partial charge in [0.25, 0.3) is 5.91 Å². The molecule has 0 radical (unpaired) electrons. The summed E-state index contributed by atoms with van der Waals surface area (Å²) in [4.78, 5) is 22.5. The fourth-order valence-corrected chi connectivity index (χ4v) is 5.45. The molecule has 0 N–H and O–H groups in total. The number of rotatable bonds is 6. The quantitative estimate of drug-likeness (QED) is 0.388. The molecule has 6 nitrogen and oxygen atoms in total. The molecule has 190 valence electrons. The Morgan fingerprint density at radius 2 is 1.22 bits per heavy atom. The summed E-state index contributed by atoms with van der Waals surface area (Å²) in [6.45, 7) is 9.20. The Labute approximate surface area is 218 Å². The number of amides is 1. The van der Waals surface area contributed by atoms with E-state index >= 15 is 0 Å². The highest BCUT2D eigenvalue weighted by Gasteiger charge is 2.25. The van der Waals surface area contributed by atoms with E-state index in [0.717, 1.165) is 76.4 Å². The van der Waals surface area contributed by atoms with Gasteiger partial charge >= 0.3 is 0 Å². The largest absolute Gasteiger partial charge is 0.451 e. The molecule has 0 atom stereocenters. The second-order valence-electron chi connectivity index (χ2n) is 10.1. The minimum Gasteiger partial charge on any atom is -0.451 e. The third-order valence-electron chi connectivity index (χ3n) is 7.61. The molecular formula is C31H34N4O2. The summed E-state index contributed by atoms with van der Waals surface area (Å²) in [5.41, 5.74) is 4.65. The average Bonchev–Trinajstić information content (AvgIpc) is 3.38. The Morgan fingerprint density at radius 1 is 0.649 bits per heavy atom. The van der Waals surface area contributed by atoms with Gasteiger partial charge in [-0.3, -0.25) is 14.6 Å². The van der Waals surface area contributed by atoms with Crippen LogP contribution in [0.1, 0.15) is 21.7 Å². The molecule has 2 aliphatic rings. The molecular weight excluding hydrogens is 460 g/mol. The number of fused-ring (bicyclic) bond motifs is 1. The monoisotopic (exact) mass is 494 g/mol. The predicted octanol–water partition coefficient (Wildman–Crippen LogP) is 4.71. The third kappa shape index (κ3) is 5.55. The van der Waals surface area contributed by atoms with Crippen LogP contribution in [0.15, 0.2) is 89.3 Å². The first-order chi connectivity index (χ1) is 18.2. The third-order valence-corrected chi connectivity index (χ3v) is 7.61. The Morgan fingerprint density at radius 3 is 1.81 bits per heavy atom. The van der Waals surface area contributed by atoms with E-state index in [1.807, 2.05) is 23.1 Å². The normalized spacial score (nSPS) is 17.4. The number of hydrogen-bond donors (Lipinski definition) is 0. The molecule has 2 saturated heterocycles. The fraction of sp³-hybridized carbons (Fsp3) is 0.323. The first kappa shape index (κ1) is 23.8. The number of piperazine rings is 2. The van der Waals surface area contributed by atoms with Crippen molar-refractivity contribution in [3.63, 3.8) is 0 Å². The smallest absolute Gasteiger partial charge is 0.289 e. The second kappa shape index (κ2) is 10.8. The first-order valence-electron chi connectivity index (χ1n) is 13.3. The van der Waals surface area contributed by atoms with Crippen molar-refractivity contribution < 1.29 is 9.21 Å². The van der Waals surface area contributed by atoms with E-state index in [4.69, 9.17) is 4.42 Å². The van der Waals surface area contributed by atoms with Crippen LogP contribution in [0.5, 0.6) is 0 Å². The van der Waals surface area contributed by atoms with Crippen LogP contribution in [0.25, 0.3) is 11.0 Å². The number of carbonyl (C=O) groups excluding carboxylic acids is 1. The summed E-state index contributed by atoms with van der Waals surface area (Å²) in [6.07, 6.45) is 0. The minimum atomic E-state index is -0.00774. The van der Waals surface area contributed by atoms with Crippen LogP contribution in [0.3, 0.4) is 0 Å². The minimum absolute atomic E-state index is 0.00774. The molecule has 1 aromatic heterocycles. The molecule has 4 aromatic rings. The topological polar surface area (TPSA) is 43.2 Å². The highest BCUT2D eigenvalue weighted by molar-refractivity contribution is 5.96. The van der Waals surface area contributed by atoms with Crippen molar-refractivity contribution in [2.45, 2.75) is 13.1 Å². The number of hydrogen-bond acceptors (Lipinski definition) is 5. The molecule has 3 heterocycles. The molecule has 6 rings (SSSR count). The lowest BCUT2D eigenvalue weighted by atomic mass is 10.1. The summed E-state index contributed by atoms with van der Waals surface area (Å²) in [5.74, 6) is 0.433. The highest BCUT2D eigenvalue weighted by Crippen LogP contribution is 2.27. The van der Waals surface area contributed by atoms with Crippen LogP contribution < -0.4 is 4.90 Å². The summed E-state index contributed by atoms with van der Waals surface area (Å²) in [7, 11) is 0. The average molecular weight is 495 g/mol. The van der Waals surface area contributed by atoms with Crippen molar-refractivity contribution >= 4 is 22.6 Å². The van der Waals surface area contributed by atoms with Gasteiger partial charge in [-0.15, -0.1) is 0 Å². The second-order valence-corrected chi connectivity index (χ2v) is 10.1. The van der Waals surface area contributed by atoms with Gasteiger partial charge in [-0.25, -0.2) is 0 Å². The molecule has 2 aliphatic heterocycles. The van der Waals surface area contributed by atoms with Gasteiger partial charge in [-0.1, -0.05) is 60.7 Å². The standard InChI is InChI=1S/C31H34N4O2/c36-31(35-19-15-33(16-20-35)24-26-9-5-2-6-10-26)30-22-27-21-28(11-12-29(27)37-30)34-17-13-32(14-18-34)23-25-7-3-1-4-8-25/h1-12,21-22H,13-20,23-24H2. The molecule has 3 aromatic carbocycles. The zero-order valence-electron chi connectivity index (χ0n) is 21.3. The molecule has 6 heteroatoms. The fourth-order valence-electron chi connectivity index (χ4n) is 5.45. The van der Waals surface area contributed by atoms with E-state index in [1.54, 1.807) is 0 Å².